The predicted octanol–water partition coefficient (Wildman–Crippen LogP) is 28.4. The molecule has 2 radical (unpaired) electrons. The molecule has 0 aliphatic rings. The number of hydrogen-bond donors (Lipinski definition) is 0. The summed E-state index contributed by atoms with van der Waals surface area (Å²) in [7, 11) is 7.17. The van der Waals surface area contributed by atoms with Crippen molar-refractivity contribution >= 4 is 170 Å². The van der Waals surface area contributed by atoms with Crippen molar-refractivity contribution in [1.29, 1.82) is 0 Å². The zero-order valence-electron chi connectivity index (χ0n) is 64.5. The maximum absolute atomic E-state index is 4.81. The van der Waals surface area contributed by atoms with Gasteiger partial charge in [-0.3, -0.25) is 0 Å². The van der Waals surface area contributed by atoms with Gasteiger partial charge in [0.15, 0.2) is 0 Å². The van der Waals surface area contributed by atoms with Gasteiger partial charge in [0.1, 0.15) is 0 Å². The Bertz CT molecular complexity index is 7230. The second-order valence-electron chi connectivity index (χ2n) is 30.1. The number of fused-ring (bicyclic) bond motifs is 21. The van der Waals surface area contributed by atoms with E-state index in [2.05, 4.69) is 472 Å². The van der Waals surface area contributed by atoms with Gasteiger partial charge >= 0.3 is 0 Å². The van der Waals surface area contributed by atoms with Crippen LogP contribution >= 0.6 is 9.24 Å². The summed E-state index contributed by atoms with van der Waals surface area (Å²) in [5, 5.41) is 17.8. The summed E-state index contributed by atoms with van der Waals surface area (Å²) in [6.07, 6.45) is 0. The van der Waals surface area contributed by atoms with Crippen LogP contribution in [0.15, 0.2) is 431 Å². The van der Waals surface area contributed by atoms with E-state index in [1.165, 1.54) is 187 Å². The minimum atomic E-state index is 0.667. The van der Waals surface area contributed by atoms with E-state index >= 15 is 0 Å². The minimum absolute atomic E-state index is 0.667. The molecule has 0 bridgehead atoms. The summed E-state index contributed by atoms with van der Waals surface area (Å²) in [5.41, 5.74) is 27.5. The standard InChI is InChI=1S/C42H27N3.C36H24N2.C30H20N2.CH4BP/c1-7-19-37-31(13-1)32-14-2-8-20-38(32)43(37)28-25-29(44-39-21-9-3-15-33(39)34-16-4-10-22-40(34)44)27-30(26-28)45-41-23-11-5-17-35(41)36-18-6-12-24-42(36)45;1-5-13-33-29(9-1)30-10-2-6-14-34(30)37(33)27-21-17-25(18-22-27)26-19-23-28(24-20-26)38-35-15-7-3-11-31(35)32-12-4-8-16-36(32)38;1-5-16-27-23(12-1)24-13-2-6-17-28(24)31(27)21-10-9-11-22(20-21)32-29-18-7-3-14-25(29)26-15-4-8-19-30(26)32;2-1-3/h1-27H;1-24H;1-20H;1,3H2. The van der Waals surface area contributed by atoms with Gasteiger partial charge in [-0.15, -0.1) is 9.24 Å². The first-order valence-electron chi connectivity index (χ1n) is 40.3. The summed E-state index contributed by atoms with van der Waals surface area (Å²) < 4.78 is 16.8. The second kappa shape index (κ2) is 29.2. The lowest BCUT2D eigenvalue weighted by Gasteiger charge is -2.17. The van der Waals surface area contributed by atoms with Gasteiger partial charge in [0.05, 0.1) is 102 Å². The van der Waals surface area contributed by atoms with Crippen LogP contribution in [0.25, 0.3) is 204 Å². The van der Waals surface area contributed by atoms with Crippen LogP contribution in [0, 0.1) is 0 Å². The maximum Gasteiger partial charge on any atom is 0.0709 e. The summed E-state index contributed by atoms with van der Waals surface area (Å²) >= 11 is 0. The summed E-state index contributed by atoms with van der Waals surface area (Å²) in [6, 6.07) is 156. The number of nitrogens with zero attached hydrogens (tertiary/aromatic N) is 7. The van der Waals surface area contributed by atoms with Gasteiger partial charge < -0.3 is 32.0 Å². The van der Waals surface area contributed by atoms with Gasteiger partial charge in [0.2, 0.25) is 0 Å². The molecule has 25 aromatic rings. The molecule has 0 fully saturated rings. The third-order valence-corrected chi connectivity index (χ3v) is 23.7. The van der Waals surface area contributed by atoms with E-state index in [9.17, 15) is 0 Å². The molecule has 18 aromatic carbocycles. The fraction of sp³-hybridized carbons (Fsp3) is 0.00917. The van der Waals surface area contributed by atoms with Crippen molar-refractivity contribution in [2.24, 2.45) is 0 Å². The first kappa shape index (κ1) is 69.7. The molecule has 7 aromatic heterocycles. The highest BCUT2D eigenvalue weighted by atomic mass is 31.0. The molecule has 0 aliphatic carbocycles. The molecule has 25 rings (SSSR count). The molecule has 118 heavy (non-hydrogen) atoms. The Morgan fingerprint density at radius 3 is 0.432 bits per heavy atom. The molecule has 0 N–H and O–H groups in total. The van der Waals surface area contributed by atoms with Crippen LogP contribution in [0.3, 0.4) is 0 Å². The molecule has 9 heteroatoms. The third-order valence-electron chi connectivity index (χ3n) is 23.7. The first-order chi connectivity index (χ1) is 58.5. The fourth-order valence-corrected chi connectivity index (χ4v) is 18.7. The topological polar surface area (TPSA) is 34.5 Å². The number of aromatic nitrogens is 7. The molecule has 0 amide bonds. The Hall–Kier alpha value is -14.9. The van der Waals surface area contributed by atoms with Crippen molar-refractivity contribution in [2.75, 3.05) is 6.06 Å². The fourth-order valence-electron chi connectivity index (χ4n) is 18.7. The van der Waals surface area contributed by atoms with Gasteiger partial charge in [-0.1, -0.05) is 291 Å². The van der Waals surface area contributed by atoms with Gasteiger partial charge in [0.25, 0.3) is 0 Å². The van der Waals surface area contributed by atoms with Crippen LogP contribution in [0.4, 0.5) is 0 Å². The molecular weight excluding hydrogens is 1450 g/mol. The van der Waals surface area contributed by atoms with Crippen molar-refractivity contribution in [3.8, 4) is 50.9 Å². The highest BCUT2D eigenvalue weighted by Crippen LogP contribution is 2.43. The lowest BCUT2D eigenvalue weighted by Crippen LogP contribution is -2.03. The molecule has 1 unspecified atom stereocenters. The van der Waals surface area contributed by atoms with Crippen molar-refractivity contribution in [1.82, 2.24) is 32.0 Å². The molecule has 7 heterocycles. The van der Waals surface area contributed by atoms with Gasteiger partial charge in [-0.2, -0.15) is 0 Å². The van der Waals surface area contributed by atoms with E-state index in [0.29, 0.717) is 6.06 Å². The molecule has 554 valence electrons. The maximum atomic E-state index is 4.81. The van der Waals surface area contributed by atoms with Crippen molar-refractivity contribution < 1.29 is 0 Å². The van der Waals surface area contributed by atoms with Crippen LogP contribution in [0.1, 0.15) is 0 Å². The Labute approximate surface area is 684 Å². The summed E-state index contributed by atoms with van der Waals surface area (Å²) in [5.74, 6) is 0. The quantitative estimate of drug-likeness (QED) is 0.107. The zero-order chi connectivity index (χ0) is 78.3. The van der Waals surface area contributed by atoms with Crippen molar-refractivity contribution in [3.05, 3.63) is 431 Å². The van der Waals surface area contributed by atoms with E-state index < -0.39 is 0 Å². The monoisotopic (exact) mass is 1520 g/mol. The predicted molar refractivity (Wildman–Crippen MR) is 505 cm³/mol. The van der Waals surface area contributed by atoms with E-state index in [1.807, 2.05) is 0 Å². The average molecular weight is 1520 g/mol. The smallest absolute Gasteiger partial charge is 0.0709 e. The van der Waals surface area contributed by atoms with Crippen LogP contribution in [0.5, 0.6) is 0 Å². The first-order valence-corrected chi connectivity index (χ1v) is 41.1. The molecule has 0 aliphatic heterocycles. The van der Waals surface area contributed by atoms with Crippen LogP contribution in [0.2, 0.25) is 0 Å². The van der Waals surface area contributed by atoms with E-state index in [-0.39, 0.29) is 0 Å². The molecule has 0 spiro atoms. The van der Waals surface area contributed by atoms with E-state index in [1.54, 1.807) is 0 Å². The lowest BCUT2D eigenvalue weighted by atomic mass is 10.0. The van der Waals surface area contributed by atoms with Crippen molar-refractivity contribution in [2.45, 2.75) is 0 Å². The zero-order valence-corrected chi connectivity index (χ0v) is 65.6. The number of rotatable bonds is 8. The Balaban J connectivity index is 0.000000106. The molecular formula is C109H75BN7P. The Morgan fingerprint density at radius 1 is 0.144 bits per heavy atom. The van der Waals surface area contributed by atoms with Crippen LogP contribution in [-0.2, 0) is 0 Å². The number of hydrogen-bond acceptors (Lipinski definition) is 0. The van der Waals surface area contributed by atoms with Crippen LogP contribution in [-0.4, -0.2) is 45.9 Å². The second-order valence-corrected chi connectivity index (χ2v) is 30.6. The van der Waals surface area contributed by atoms with Gasteiger partial charge in [-0.25, -0.2) is 0 Å². The SMILES string of the molecule is [B]CP.c1cc(-n2c3ccccc3c3ccccc32)cc(-n2c3ccccc3c3ccccc32)c1.c1ccc2c(c1)c1ccccc1n2-c1cc(-n2c3ccccc3c3ccccc32)cc(-n2c3ccccc3c3ccccc32)c1.c1ccc2c(c1)c1ccccc1n2-c1ccc(-c2ccc(-n3c4ccccc4c4ccccc43)cc2)cc1. The largest absolute Gasteiger partial charge is 0.309 e. The summed E-state index contributed by atoms with van der Waals surface area (Å²) in [6.45, 7) is 0. The van der Waals surface area contributed by atoms with E-state index in [4.69, 9.17) is 7.85 Å². The lowest BCUT2D eigenvalue weighted by molar-refractivity contribution is 1.10. The van der Waals surface area contributed by atoms with E-state index in [0.717, 1.165) is 17.1 Å². The molecule has 0 saturated carbocycles. The van der Waals surface area contributed by atoms with Crippen molar-refractivity contribution in [3.63, 3.8) is 0 Å². The van der Waals surface area contributed by atoms with Gasteiger partial charge in [0, 0.05) is 98.2 Å². The molecule has 1 atom stereocenters. The minimum Gasteiger partial charge on any atom is -0.309 e. The summed E-state index contributed by atoms with van der Waals surface area (Å²) in [4.78, 5) is 0. The Morgan fingerprint density at radius 2 is 0.271 bits per heavy atom. The highest BCUT2D eigenvalue weighted by Gasteiger charge is 2.22. The third kappa shape index (κ3) is 11.5. The molecule has 0 saturated heterocycles. The highest BCUT2D eigenvalue weighted by molar-refractivity contribution is 7.19. The van der Waals surface area contributed by atoms with Crippen LogP contribution < -0.4 is 0 Å². The normalized spacial score (nSPS) is 11.7. The Kier molecular flexibility index (Phi) is 17.2. The number of benzene rings is 18. The van der Waals surface area contributed by atoms with Gasteiger partial charge in [-0.05, 0) is 157 Å². The average Bonchev–Trinajstić information content (AvgIpc) is 1.58. The molecule has 7 nitrogen and oxygen atoms in total. The number of para-hydroxylation sites is 14.